The minimum absolute atomic E-state index is 0.0467. The monoisotopic (exact) mass is 384 g/mol. The fraction of sp³-hybridized carbons (Fsp3) is 0.737. The second-order valence-corrected chi connectivity index (χ2v) is 8.12. The van der Waals surface area contributed by atoms with Gasteiger partial charge in [0.15, 0.2) is 12.1 Å². The van der Waals surface area contributed by atoms with Gasteiger partial charge in [-0.05, 0) is 24.6 Å². The van der Waals surface area contributed by atoms with Crippen LogP contribution in [-0.2, 0) is 19.0 Å². The molecule has 3 aliphatic rings. The highest BCUT2D eigenvalue weighted by Crippen LogP contribution is 2.50. The molecule has 0 aromatic heterocycles. The van der Waals surface area contributed by atoms with E-state index >= 15 is 0 Å². The summed E-state index contributed by atoms with van der Waals surface area (Å²) in [6.45, 7) is 5.21. The molecule has 3 rings (SSSR count). The van der Waals surface area contributed by atoms with E-state index in [2.05, 4.69) is 0 Å². The smallest absolute Gasteiger partial charge is 0.187 e. The Balaban J connectivity index is 1.79. The Morgan fingerprint density at radius 3 is 2.52 bits per heavy atom. The highest BCUT2D eigenvalue weighted by atomic mass is 16.7. The predicted molar refractivity (Wildman–Crippen MR) is 93.6 cm³/mol. The van der Waals surface area contributed by atoms with Gasteiger partial charge in [0.2, 0.25) is 0 Å². The number of aliphatic hydroxyl groups excluding tert-OH is 4. The van der Waals surface area contributed by atoms with Crippen molar-refractivity contribution in [2.45, 2.75) is 69.6 Å². The lowest BCUT2D eigenvalue weighted by molar-refractivity contribution is -0.300. The van der Waals surface area contributed by atoms with Crippen molar-refractivity contribution in [2.24, 2.45) is 5.41 Å². The average Bonchev–Trinajstić information content (AvgIpc) is 3.00. The zero-order valence-electron chi connectivity index (χ0n) is 15.7. The Kier molecular flexibility index (Phi) is 5.62. The lowest BCUT2D eigenvalue weighted by atomic mass is 9.64. The molecule has 4 N–H and O–H groups in total. The second kappa shape index (κ2) is 7.36. The number of allylic oxidation sites excluding steroid dienone is 1. The molecule has 7 atom stereocenters. The lowest BCUT2D eigenvalue weighted by Gasteiger charge is -2.47. The summed E-state index contributed by atoms with van der Waals surface area (Å²) >= 11 is 0. The molecule has 7 unspecified atom stereocenters. The number of carbonyl (C=O) groups is 1. The fourth-order valence-corrected chi connectivity index (χ4v) is 4.09. The van der Waals surface area contributed by atoms with Gasteiger partial charge in [-0.1, -0.05) is 19.9 Å². The topological polar surface area (TPSA) is 126 Å². The van der Waals surface area contributed by atoms with E-state index in [0.717, 1.165) is 0 Å². The predicted octanol–water partition coefficient (Wildman–Crippen LogP) is -0.558. The molecule has 0 aromatic carbocycles. The Morgan fingerprint density at radius 2 is 1.93 bits per heavy atom. The van der Waals surface area contributed by atoms with Crippen LogP contribution < -0.4 is 0 Å². The Hall–Kier alpha value is -1.13. The Morgan fingerprint density at radius 1 is 1.22 bits per heavy atom. The van der Waals surface area contributed by atoms with Crippen molar-refractivity contribution in [3.8, 4) is 0 Å². The van der Waals surface area contributed by atoms with Gasteiger partial charge in [0.05, 0.1) is 19.3 Å². The molecule has 1 fully saturated rings. The molecule has 2 aliphatic heterocycles. The molecule has 0 aromatic rings. The average molecular weight is 384 g/mol. The van der Waals surface area contributed by atoms with E-state index < -0.39 is 48.3 Å². The van der Waals surface area contributed by atoms with E-state index in [1.165, 1.54) is 6.08 Å². The van der Waals surface area contributed by atoms with Crippen LogP contribution in [-0.4, -0.2) is 81.8 Å². The van der Waals surface area contributed by atoms with Crippen molar-refractivity contribution in [2.75, 3.05) is 13.2 Å². The quantitative estimate of drug-likeness (QED) is 0.476. The van der Waals surface area contributed by atoms with Gasteiger partial charge in [0, 0.05) is 11.8 Å². The van der Waals surface area contributed by atoms with E-state index in [1.54, 1.807) is 0 Å². The number of rotatable bonds is 4. The summed E-state index contributed by atoms with van der Waals surface area (Å²) in [7, 11) is 0. The van der Waals surface area contributed by atoms with Crippen LogP contribution in [0.3, 0.4) is 0 Å². The van der Waals surface area contributed by atoms with Gasteiger partial charge in [-0.2, -0.15) is 0 Å². The highest BCUT2D eigenvalue weighted by molar-refractivity contribution is 5.93. The van der Waals surface area contributed by atoms with Crippen LogP contribution in [0.15, 0.2) is 23.8 Å². The molecular formula is C19H28O8. The Bertz CT molecular complexity index is 640. The summed E-state index contributed by atoms with van der Waals surface area (Å²) in [5.74, 6) is -0.0467. The molecule has 8 heteroatoms. The summed E-state index contributed by atoms with van der Waals surface area (Å²) < 4.78 is 17.2. The molecule has 0 radical (unpaired) electrons. The van der Waals surface area contributed by atoms with Crippen molar-refractivity contribution in [1.82, 2.24) is 0 Å². The van der Waals surface area contributed by atoms with Crippen molar-refractivity contribution >= 4 is 5.78 Å². The lowest BCUT2D eigenvalue weighted by Crippen LogP contribution is -2.59. The number of aliphatic hydroxyl groups is 4. The molecule has 2 heterocycles. The van der Waals surface area contributed by atoms with Crippen LogP contribution in [0.5, 0.6) is 0 Å². The number of hydrogen-bond donors (Lipinski definition) is 4. The third kappa shape index (κ3) is 3.51. The highest BCUT2D eigenvalue weighted by Gasteiger charge is 2.53. The van der Waals surface area contributed by atoms with Crippen LogP contribution >= 0.6 is 0 Å². The van der Waals surface area contributed by atoms with Crippen LogP contribution in [0.2, 0.25) is 0 Å². The second-order valence-electron chi connectivity index (χ2n) is 8.12. The molecule has 27 heavy (non-hydrogen) atoms. The molecule has 1 saturated heterocycles. The standard InChI is InChI=1S/C19H28O8/c1-10-4-5-19(27-10)11(6-12(21)7-18(19,2)3)9-25-17-16(24)15(23)14(22)13(8-20)26-17/h4-6,10,13-17,20,22-24H,7-9H2,1-3H3. The van der Waals surface area contributed by atoms with E-state index in [1.807, 2.05) is 32.9 Å². The van der Waals surface area contributed by atoms with E-state index in [-0.39, 0.29) is 18.5 Å². The van der Waals surface area contributed by atoms with Crippen LogP contribution in [0.1, 0.15) is 27.2 Å². The zero-order chi connectivity index (χ0) is 20.0. The minimum Gasteiger partial charge on any atom is -0.394 e. The molecule has 1 spiro atoms. The van der Waals surface area contributed by atoms with Crippen molar-refractivity contribution in [3.05, 3.63) is 23.8 Å². The van der Waals surface area contributed by atoms with Crippen molar-refractivity contribution < 1.29 is 39.4 Å². The summed E-state index contributed by atoms with van der Waals surface area (Å²) in [6.07, 6.45) is -1.20. The number of hydrogen-bond acceptors (Lipinski definition) is 8. The first-order valence-corrected chi connectivity index (χ1v) is 9.14. The molecule has 0 bridgehead atoms. The fourth-order valence-electron chi connectivity index (χ4n) is 4.09. The first kappa shape index (κ1) is 20.6. The first-order valence-electron chi connectivity index (χ1n) is 9.14. The van der Waals surface area contributed by atoms with Crippen LogP contribution in [0.25, 0.3) is 0 Å². The van der Waals surface area contributed by atoms with E-state index in [4.69, 9.17) is 14.2 Å². The molecule has 8 nitrogen and oxygen atoms in total. The molecule has 0 saturated carbocycles. The number of ether oxygens (including phenoxy) is 3. The SMILES string of the molecule is CC1C=CC2(O1)C(COC1OC(CO)C(O)C(O)C1O)=CC(=O)CC2(C)C. The van der Waals surface area contributed by atoms with Crippen molar-refractivity contribution in [1.29, 1.82) is 0 Å². The summed E-state index contributed by atoms with van der Waals surface area (Å²) in [5.41, 5.74) is -0.705. The van der Waals surface area contributed by atoms with Crippen molar-refractivity contribution in [3.63, 3.8) is 0 Å². The van der Waals surface area contributed by atoms with E-state index in [0.29, 0.717) is 12.0 Å². The van der Waals surface area contributed by atoms with Gasteiger partial charge in [0.1, 0.15) is 30.0 Å². The van der Waals surface area contributed by atoms with E-state index in [9.17, 15) is 25.2 Å². The third-order valence-corrected chi connectivity index (χ3v) is 5.66. The maximum Gasteiger partial charge on any atom is 0.187 e. The summed E-state index contributed by atoms with van der Waals surface area (Å²) in [6, 6.07) is 0. The molecule has 152 valence electrons. The number of carbonyl (C=O) groups excluding carboxylic acids is 1. The van der Waals surface area contributed by atoms with Crippen LogP contribution in [0, 0.1) is 5.41 Å². The maximum absolute atomic E-state index is 12.2. The Labute approximate surface area is 158 Å². The van der Waals surface area contributed by atoms with Gasteiger partial charge < -0.3 is 34.6 Å². The van der Waals surface area contributed by atoms with Crippen LogP contribution in [0.4, 0.5) is 0 Å². The molecule has 1 aliphatic carbocycles. The van der Waals surface area contributed by atoms with Gasteiger partial charge in [-0.3, -0.25) is 4.79 Å². The first-order chi connectivity index (χ1) is 12.6. The van der Waals surface area contributed by atoms with Gasteiger partial charge in [-0.15, -0.1) is 0 Å². The molecular weight excluding hydrogens is 356 g/mol. The normalized spacial score (nSPS) is 44.0. The van der Waals surface area contributed by atoms with Gasteiger partial charge in [0.25, 0.3) is 0 Å². The zero-order valence-corrected chi connectivity index (χ0v) is 15.7. The van der Waals surface area contributed by atoms with Gasteiger partial charge in [-0.25, -0.2) is 0 Å². The summed E-state index contributed by atoms with van der Waals surface area (Å²) in [5, 5.41) is 39.2. The summed E-state index contributed by atoms with van der Waals surface area (Å²) in [4.78, 5) is 12.2. The maximum atomic E-state index is 12.2. The molecule has 0 amide bonds. The van der Waals surface area contributed by atoms with Gasteiger partial charge >= 0.3 is 0 Å². The largest absolute Gasteiger partial charge is 0.394 e. The number of ketones is 1. The minimum atomic E-state index is -1.52. The third-order valence-electron chi connectivity index (χ3n) is 5.66.